The first-order valence-corrected chi connectivity index (χ1v) is 6.60. The lowest BCUT2D eigenvalue weighted by atomic mass is 9.87. The minimum atomic E-state index is 0.606. The number of anilines is 1. The summed E-state index contributed by atoms with van der Waals surface area (Å²) in [5, 5.41) is 3.65. The Morgan fingerprint density at radius 1 is 1.29 bits per heavy atom. The third kappa shape index (κ3) is 3.15. The average molecular weight is 233 g/mol. The Morgan fingerprint density at radius 3 is 2.82 bits per heavy atom. The van der Waals surface area contributed by atoms with E-state index in [9.17, 15) is 0 Å². The molecule has 1 N–H and O–H groups in total. The summed E-state index contributed by atoms with van der Waals surface area (Å²) in [6.45, 7) is 4.47. The molecule has 0 radical (unpaired) electrons. The van der Waals surface area contributed by atoms with Crippen LogP contribution in [0.25, 0.3) is 0 Å². The molecule has 2 nitrogen and oxygen atoms in total. The fraction of sp³-hybridized carbons (Fsp3) is 0.600. The topological polar surface area (TPSA) is 21.3 Å². The molecule has 0 spiro atoms. The highest BCUT2D eigenvalue weighted by Crippen LogP contribution is 2.30. The van der Waals surface area contributed by atoms with Gasteiger partial charge in [0.25, 0.3) is 0 Å². The molecule has 0 unspecified atom stereocenters. The Balaban J connectivity index is 2.08. The van der Waals surface area contributed by atoms with Crippen molar-refractivity contribution in [2.75, 3.05) is 12.4 Å². The van der Waals surface area contributed by atoms with Crippen molar-refractivity contribution < 1.29 is 4.74 Å². The summed E-state index contributed by atoms with van der Waals surface area (Å²) in [6, 6.07) is 6.92. The third-order valence-corrected chi connectivity index (χ3v) is 3.65. The predicted molar refractivity (Wildman–Crippen MR) is 72.8 cm³/mol. The molecule has 1 aromatic carbocycles. The SMILES string of the molecule is COc1ccc(C)cc1N[C@@H]1CCC[C@H](C)C1. The average Bonchev–Trinajstić information content (AvgIpc) is 2.29. The maximum Gasteiger partial charge on any atom is 0.141 e. The van der Waals surface area contributed by atoms with Gasteiger partial charge in [-0.2, -0.15) is 0 Å². The van der Waals surface area contributed by atoms with Gasteiger partial charge in [-0.05, 0) is 43.4 Å². The maximum atomic E-state index is 5.41. The van der Waals surface area contributed by atoms with Gasteiger partial charge in [0.1, 0.15) is 5.75 Å². The zero-order chi connectivity index (χ0) is 12.3. The lowest BCUT2D eigenvalue weighted by Crippen LogP contribution is -2.26. The molecule has 94 valence electrons. The summed E-state index contributed by atoms with van der Waals surface area (Å²) in [4.78, 5) is 0. The number of nitrogens with one attached hydrogen (secondary N) is 1. The first kappa shape index (κ1) is 12.3. The van der Waals surface area contributed by atoms with Gasteiger partial charge in [0.15, 0.2) is 0 Å². The summed E-state index contributed by atoms with van der Waals surface area (Å²) in [5.74, 6) is 1.80. The highest BCUT2D eigenvalue weighted by Gasteiger charge is 2.19. The van der Waals surface area contributed by atoms with Gasteiger partial charge < -0.3 is 10.1 Å². The van der Waals surface area contributed by atoms with Gasteiger partial charge in [-0.15, -0.1) is 0 Å². The van der Waals surface area contributed by atoms with Crippen molar-refractivity contribution in [3.8, 4) is 5.75 Å². The lowest BCUT2D eigenvalue weighted by molar-refractivity contribution is 0.357. The van der Waals surface area contributed by atoms with Crippen molar-refractivity contribution in [1.29, 1.82) is 0 Å². The monoisotopic (exact) mass is 233 g/mol. The van der Waals surface area contributed by atoms with Crippen molar-refractivity contribution in [3.05, 3.63) is 23.8 Å². The minimum Gasteiger partial charge on any atom is -0.495 e. The van der Waals surface area contributed by atoms with Crippen LogP contribution in [-0.2, 0) is 0 Å². The van der Waals surface area contributed by atoms with Crippen LogP contribution in [0.1, 0.15) is 38.2 Å². The Morgan fingerprint density at radius 2 is 2.12 bits per heavy atom. The van der Waals surface area contributed by atoms with E-state index in [-0.39, 0.29) is 0 Å². The standard InChI is InChI=1S/C15H23NO/c1-11-5-4-6-13(9-11)16-14-10-12(2)7-8-15(14)17-3/h7-8,10-11,13,16H,4-6,9H2,1-3H3/t11-,13+/m0/s1. The zero-order valence-electron chi connectivity index (χ0n) is 11.1. The molecule has 1 aromatic rings. The van der Waals surface area contributed by atoms with Crippen LogP contribution < -0.4 is 10.1 Å². The number of rotatable bonds is 3. The van der Waals surface area contributed by atoms with Gasteiger partial charge in [-0.1, -0.05) is 25.8 Å². The number of ether oxygens (including phenoxy) is 1. The van der Waals surface area contributed by atoms with Crippen molar-refractivity contribution in [2.45, 2.75) is 45.6 Å². The van der Waals surface area contributed by atoms with Crippen LogP contribution in [0.15, 0.2) is 18.2 Å². The molecular weight excluding hydrogens is 210 g/mol. The van der Waals surface area contributed by atoms with E-state index in [0.717, 1.165) is 17.4 Å². The number of methoxy groups -OCH3 is 1. The summed E-state index contributed by atoms with van der Waals surface area (Å²) in [6.07, 6.45) is 5.27. The van der Waals surface area contributed by atoms with Crippen molar-refractivity contribution in [2.24, 2.45) is 5.92 Å². The van der Waals surface area contributed by atoms with E-state index in [1.165, 1.54) is 31.2 Å². The van der Waals surface area contributed by atoms with Gasteiger partial charge in [0.05, 0.1) is 12.8 Å². The molecule has 2 atom stereocenters. The molecule has 0 saturated heterocycles. The van der Waals surface area contributed by atoms with Crippen LogP contribution >= 0.6 is 0 Å². The van der Waals surface area contributed by atoms with E-state index in [4.69, 9.17) is 4.74 Å². The highest BCUT2D eigenvalue weighted by atomic mass is 16.5. The summed E-state index contributed by atoms with van der Waals surface area (Å²) in [5.41, 5.74) is 2.42. The van der Waals surface area contributed by atoms with Crippen LogP contribution in [0, 0.1) is 12.8 Å². The fourth-order valence-electron chi connectivity index (χ4n) is 2.72. The van der Waals surface area contributed by atoms with Crippen molar-refractivity contribution >= 4 is 5.69 Å². The molecule has 2 rings (SSSR count). The van der Waals surface area contributed by atoms with E-state index < -0.39 is 0 Å². The third-order valence-electron chi connectivity index (χ3n) is 3.65. The fourth-order valence-corrected chi connectivity index (χ4v) is 2.72. The second-order valence-corrected chi connectivity index (χ2v) is 5.32. The summed E-state index contributed by atoms with van der Waals surface area (Å²) < 4.78 is 5.41. The lowest BCUT2D eigenvalue weighted by Gasteiger charge is -2.29. The van der Waals surface area contributed by atoms with Crippen LogP contribution in [0.2, 0.25) is 0 Å². The molecule has 2 heteroatoms. The van der Waals surface area contributed by atoms with E-state index >= 15 is 0 Å². The maximum absolute atomic E-state index is 5.41. The zero-order valence-corrected chi connectivity index (χ0v) is 11.1. The predicted octanol–water partition coefficient (Wildman–Crippen LogP) is 3.99. The Hall–Kier alpha value is -1.18. The molecule has 0 bridgehead atoms. The van der Waals surface area contributed by atoms with E-state index in [0.29, 0.717) is 6.04 Å². The Labute approximate surface area is 104 Å². The van der Waals surface area contributed by atoms with Gasteiger partial charge in [-0.3, -0.25) is 0 Å². The second-order valence-electron chi connectivity index (χ2n) is 5.32. The van der Waals surface area contributed by atoms with Gasteiger partial charge >= 0.3 is 0 Å². The van der Waals surface area contributed by atoms with Gasteiger partial charge in [-0.25, -0.2) is 0 Å². The number of hydrogen-bond acceptors (Lipinski definition) is 2. The largest absolute Gasteiger partial charge is 0.495 e. The molecule has 1 saturated carbocycles. The Kier molecular flexibility index (Phi) is 3.93. The molecule has 17 heavy (non-hydrogen) atoms. The van der Waals surface area contributed by atoms with Crippen LogP contribution in [0.4, 0.5) is 5.69 Å². The molecule has 0 amide bonds. The van der Waals surface area contributed by atoms with E-state index in [1.54, 1.807) is 7.11 Å². The summed E-state index contributed by atoms with van der Waals surface area (Å²) >= 11 is 0. The highest BCUT2D eigenvalue weighted by molar-refractivity contribution is 5.58. The van der Waals surface area contributed by atoms with E-state index in [1.807, 2.05) is 6.07 Å². The molecule has 1 aliphatic carbocycles. The van der Waals surface area contributed by atoms with E-state index in [2.05, 4.69) is 31.3 Å². The molecule has 0 heterocycles. The number of hydrogen-bond donors (Lipinski definition) is 1. The second kappa shape index (κ2) is 5.44. The molecule has 1 fully saturated rings. The molecule has 0 aliphatic heterocycles. The first-order chi connectivity index (χ1) is 8.19. The van der Waals surface area contributed by atoms with Crippen LogP contribution in [-0.4, -0.2) is 13.2 Å². The van der Waals surface area contributed by atoms with Gasteiger partial charge in [0, 0.05) is 6.04 Å². The van der Waals surface area contributed by atoms with Gasteiger partial charge in [0.2, 0.25) is 0 Å². The van der Waals surface area contributed by atoms with Crippen LogP contribution in [0.3, 0.4) is 0 Å². The minimum absolute atomic E-state index is 0.606. The quantitative estimate of drug-likeness (QED) is 0.852. The molecular formula is C15H23NO. The summed E-state index contributed by atoms with van der Waals surface area (Å²) in [7, 11) is 1.74. The van der Waals surface area contributed by atoms with Crippen LogP contribution in [0.5, 0.6) is 5.75 Å². The smallest absolute Gasteiger partial charge is 0.141 e. The van der Waals surface area contributed by atoms with Crippen molar-refractivity contribution in [3.63, 3.8) is 0 Å². The van der Waals surface area contributed by atoms with Crippen molar-refractivity contribution in [1.82, 2.24) is 0 Å². The molecule has 0 aromatic heterocycles. The normalized spacial score (nSPS) is 24.4. The number of aryl methyl sites for hydroxylation is 1. The number of benzene rings is 1. The Bertz CT molecular complexity index is 375. The first-order valence-electron chi connectivity index (χ1n) is 6.60. The molecule has 1 aliphatic rings.